The van der Waals surface area contributed by atoms with E-state index in [0.29, 0.717) is 5.82 Å². The third-order valence-electron chi connectivity index (χ3n) is 2.84. The predicted octanol–water partition coefficient (Wildman–Crippen LogP) is 1.17. The van der Waals surface area contributed by atoms with Gasteiger partial charge in [-0.05, 0) is 37.1 Å². The normalized spacial score (nSPS) is 11.7. The summed E-state index contributed by atoms with van der Waals surface area (Å²) >= 11 is 0. The number of hydrogen-bond donors (Lipinski definition) is 2. The average Bonchev–Trinajstić information content (AvgIpc) is 2.30. The molecule has 1 aromatic carbocycles. The van der Waals surface area contributed by atoms with Crippen molar-refractivity contribution in [1.29, 1.82) is 0 Å². The number of sulfonamides is 1. The lowest BCUT2D eigenvalue weighted by Crippen LogP contribution is -2.28. The monoisotopic (exact) mass is 280 g/mol. The summed E-state index contributed by atoms with van der Waals surface area (Å²) in [5, 5.41) is 3.83. The van der Waals surface area contributed by atoms with E-state index in [1.807, 2.05) is 26.0 Å². The van der Waals surface area contributed by atoms with Crippen LogP contribution in [0.3, 0.4) is 0 Å². The van der Waals surface area contributed by atoms with Gasteiger partial charge in [-0.25, -0.2) is 18.4 Å². The molecule has 1 heterocycles. The second-order valence-corrected chi connectivity index (χ2v) is 6.28. The van der Waals surface area contributed by atoms with Crippen LogP contribution in [0.1, 0.15) is 11.1 Å². The van der Waals surface area contributed by atoms with E-state index in [1.54, 1.807) is 0 Å². The highest BCUT2D eigenvalue weighted by Gasteiger charge is 2.06. The Morgan fingerprint density at radius 2 is 1.84 bits per heavy atom. The van der Waals surface area contributed by atoms with E-state index in [0.717, 1.165) is 28.3 Å². The molecule has 1 aromatic heterocycles. The molecule has 0 saturated heterocycles. The van der Waals surface area contributed by atoms with Crippen molar-refractivity contribution in [3.8, 4) is 0 Å². The largest absolute Gasteiger partial charge is 0.356 e. The minimum absolute atomic E-state index is 0.0951. The zero-order chi connectivity index (χ0) is 14.0. The van der Waals surface area contributed by atoms with Gasteiger partial charge in [0.05, 0.1) is 18.4 Å². The molecular weight excluding hydrogens is 264 g/mol. The molecule has 0 spiro atoms. The van der Waals surface area contributed by atoms with Gasteiger partial charge < -0.3 is 5.32 Å². The first-order valence-electron chi connectivity index (χ1n) is 5.77. The van der Waals surface area contributed by atoms with Crippen LogP contribution in [-0.2, 0) is 10.0 Å². The predicted molar refractivity (Wildman–Crippen MR) is 75.5 cm³/mol. The molecule has 0 aliphatic carbocycles. The van der Waals surface area contributed by atoms with Gasteiger partial charge in [0.25, 0.3) is 0 Å². The third-order valence-corrected chi connectivity index (χ3v) is 3.51. The minimum Gasteiger partial charge on any atom is -0.356 e. The first kappa shape index (κ1) is 13.7. The molecule has 7 heteroatoms. The lowest BCUT2D eigenvalue weighted by molar-refractivity contribution is 0.590. The standard InChI is InChI=1S/C12H16N4O2S/c1-8-4-10-11(5-9(8)2)13-6-14-12(10)15-7-16-19(3,17)18/h4-6,16H,7H2,1-3H3,(H,13,14,15). The maximum Gasteiger partial charge on any atom is 0.210 e. The first-order valence-corrected chi connectivity index (χ1v) is 7.66. The lowest BCUT2D eigenvalue weighted by Gasteiger charge is -2.10. The van der Waals surface area contributed by atoms with Crippen LogP contribution in [0.15, 0.2) is 18.5 Å². The van der Waals surface area contributed by atoms with Crippen LogP contribution in [0.5, 0.6) is 0 Å². The Morgan fingerprint density at radius 1 is 1.16 bits per heavy atom. The molecule has 0 amide bonds. The van der Waals surface area contributed by atoms with Gasteiger partial charge in [0.2, 0.25) is 10.0 Å². The summed E-state index contributed by atoms with van der Waals surface area (Å²) in [6.45, 7) is 4.13. The highest BCUT2D eigenvalue weighted by Crippen LogP contribution is 2.22. The summed E-state index contributed by atoms with van der Waals surface area (Å²) in [4.78, 5) is 8.35. The van der Waals surface area contributed by atoms with Crippen LogP contribution in [0.4, 0.5) is 5.82 Å². The zero-order valence-electron chi connectivity index (χ0n) is 11.1. The lowest BCUT2D eigenvalue weighted by atomic mass is 10.1. The average molecular weight is 280 g/mol. The molecule has 0 fully saturated rings. The molecule has 102 valence electrons. The van der Waals surface area contributed by atoms with Crippen molar-refractivity contribution in [2.45, 2.75) is 13.8 Å². The molecule has 0 saturated carbocycles. The number of hydrogen-bond acceptors (Lipinski definition) is 5. The van der Waals surface area contributed by atoms with Gasteiger partial charge in [0, 0.05) is 5.39 Å². The van der Waals surface area contributed by atoms with Gasteiger partial charge in [-0.1, -0.05) is 0 Å². The van der Waals surface area contributed by atoms with E-state index in [4.69, 9.17) is 0 Å². The fraction of sp³-hybridized carbons (Fsp3) is 0.333. The number of aromatic nitrogens is 2. The van der Waals surface area contributed by atoms with Crippen molar-refractivity contribution in [1.82, 2.24) is 14.7 Å². The summed E-state index contributed by atoms with van der Waals surface area (Å²) in [5.41, 5.74) is 3.13. The molecular formula is C12H16N4O2S. The summed E-state index contributed by atoms with van der Waals surface area (Å²) in [6.07, 6.45) is 2.57. The van der Waals surface area contributed by atoms with E-state index in [2.05, 4.69) is 20.0 Å². The maximum absolute atomic E-state index is 11.0. The van der Waals surface area contributed by atoms with E-state index >= 15 is 0 Å². The SMILES string of the molecule is Cc1cc2ncnc(NCNS(C)(=O)=O)c2cc1C. The van der Waals surface area contributed by atoms with E-state index in [9.17, 15) is 8.42 Å². The highest BCUT2D eigenvalue weighted by molar-refractivity contribution is 7.88. The Morgan fingerprint density at radius 3 is 2.53 bits per heavy atom. The van der Waals surface area contributed by atoms with Gasteiger partial charge in [0.15, 0.2) is 0 Å². The molecule has 2 aromatic rings. The fourth-order valence-corrected chi connectivity index (χ4v) is 2.04. The smallest absolute Gasteiger partial charge is 0.210 e. The van der Waals surface area contributed by atoms with Gasteiger partial charge >= 0.3 is 0 Å². The topological polar surface area (TPSA) is 84.0 Å². The second kappa shape index (κ2) is 5.10. The molecule has 0 radical (unpaired) electrons. The number of nitrogens with one attached hydrogen (secondary N) is 2. The molecule has 2 N–H and O–H groups in total. The van der Waals surface area contributed by atoms with Crippen LogP contribution in [0, 0.1) is 13.8 Å². The van der Waals surface area contributed by atoms with Crippen molar-refractivity contribution >= 4 is 26.7 Å². The summed E-state index contributed by atoms with van der Waals surface area (Å²) < 4.78 is 24.4. The Bertz CT molecular complexity index is 713. The molecule has 6 nitrogen and oxygen atoms in total. The number of anilines is 1. The molecule has 2 rings (SSSR count). The molecule has 0 bridgehead atoms. The Hall–Kier alpha value is -1.73. The van der Waals surface area contributed by atoms with Crippen molar-refractivity contribution in [3.63, 3.8) is 0 Å². The van der Waals surface area contributed by atoms with Crippen LogP contribution in [0.2, 0.25) is 0 Å². The minimum atomic E-state index is -3.22. The number of nitrogens with zero attached hydrogens (tertiary/aromatic N) is 2. The van der Waals surface area contributed by atoms with Gasteiger partial charge in [-0.15, -0.1) is 0 Å². The Labute approximate surface area is 112 Å². The number of rotatable bonds is 4. The second-order valence-electron chi connectivity index (χ2n) is 4.45. The van der Waals surface area contributed by atoms with Crippen LogP contribution in [0.25, 0.3) is 10.9 Å². The summed E-state index contributed by atoms with van der Waals surface area (Å²) in [5.74, 6) is 0.615. The van der Waals surface area contributed by atoms with Gasteiger partial charge in [-0.2, -0.15) is 4.72 Å². The number of fused-ring (bicyclic) bond motifs is 1. The van der Waals surface area contributed by atoms with Gasteiger partial charge in [-0.3, -0.25) is 0 Å². The molecule has 0 unspecified atom stereocenters. The number of aryl methyl sites for hydroxylation is 2. The van der Waals surface area contributed by atoms with Crippen LogP contribution < -0.4 is 10.0 Å². The van der Waals surface area contributed by atoms with E-state index < -0.39 is 10.0 Å². The van der Waals surface area contributed by atoms with Crippen LogP contribution in [-0.4, -0.2) is 31.3 Å². The molecule has 0 atom stereocenters. The molecule has 19 heavy (non-hydrogen) atoms. The quantitative estimate of drug-likeness (QED) is 0.821. The molecule has 0 aliphatic heterocycles. The summed E-state index contributed by atoms with van der Waals surface area (Å²) in [6, 6.07) is 3.98. The maximum atomic E-state index is 11.0. The zero-order valence-corrected chi connectivity index (χ0v) is 11.9. The summed E-state index contributed by atoms with van der Waals surface area (Å²) in [7, 11) is -3.22. The van der Waals surface area contributed by atoms with E-state index in [1.165, 1.54) is 6.33 Å². The Balaban J connectivity index is 2.31. The first-order chi connectivity index (χ1) is 8.87. The van der Waals surface area contributed by atoms with Crippen molar-refractivity contribution < 1.29 is 8.42 Å². The van der Waals surface area contributed by atoms with Crippen LogP contribution >= 0.6 is 0 Å². The highest BCUT2D eigenvalue weighted by atomic mass is 32.2. The van der Waals surface area contributed by atoms with Crippen molar-refractivity contribution in [3.05, 3.63) is 29.6 Å². The number of benzene rings is 1. The van der Waals surface area contributed by atoms with Crippen molar-refractivity contribution in [2.75, 3.05) is 18.2 Å². The van der Waals surface area contributed by atoms with Crippen molar-refractivity contribution in [2.24, 2.45) is 0 Å². The Kier molecular flexibility index (Phi) is 3.68. The third kappa shape index (κ3) is 3.39. The molecule has 0 aliphatic rings. The van der Waals surface area contributed by atoms with E-state index in [-0.39, 0.29) is 6.67 Å². The fourth-order valence-electron chi connectivity index (χ4n) is 1.71. The van der Waals surface area contributed by atoms with Gasteiger partial charge in [0.1, 0.15) is 12.1 Å².